The van der Waals surface area contributed by atoms with Crippen LogP contribution in [0.1, 0.15) is 60.7 Å². The van der Waals surface area contributed by atoms with Gasteiger partial charge in [0.15, 0.2) is 5.78 Å². The lowest BCUT2D eigenvalue weighted by atomic mass is 9.96. The van der Waals surface area contributed by atoms with Crippen molar-refractivity contribution < 1.29 is 22.8 Å². The van der Waals surface area contributed by atoms with Crippen LogP contribution in [0.4, 0.5) is 18.9 Å². The van der Waals surface area contributed by atoms with Crippen LogP contribution in [0.2, 0.25) is 4.34 Å². The number of carbonyl (C=O) groups excluding carboxylic acids is 2. The van der Waals surface area contributed by atoms with Gasteiger partial charge in [-0.3, -0.25) is 14.6 Å². The van der Waals surface area contributed by atoms with E-state index in [9.17, 15) is 22.8 Å². The third kappa shape index (κ3) is 6.13. The molecule has 0 unspecified atom stereocenters. The summed E-state index contributed by atoms with van der Waals surface area (Å²) in [7, 11) is 0. The van der Waals surface area contributed by atoms with Crippen molar-refractivity contribution in [3.05, 3.63) is 121 Å². The third-order valence-electron chi connectivity index (χ3n) is 6.47. The molecule has 5 rings (SSSR count). The molecule has 9 heteroatoms. The van der Waals surface area contributed by atoms with E-state index in [1.165, 1.54) is 41.7 Å². The normalized spacial score (nSPS) is 13.3. The topological polar surface area (TPSA) is 58.5 Å². The maximum Gasteiger partial charge on any atom is 0.417 e. The summed E-state index contributed by atoms with van der Waals surface area (Å²) in [6.45, 7) is 0.375. The summed E-state index contributed by atoms with van der Waals surface area (Å²) in [4.78, 5) is 31.4. The zero-order valence-electron chi connectivity index (χ0n) is 20.5. The SMILES string of the molecule is O=C(NCc1ccc(Cl)s1)c1ccc2c(c1)N=C(c1ccc(C(=O)c3ccccc3C(F)(F)F)cc1)CCC2. The highest BCUT2D eigenvalue weighted by Gasteiger charge is 2.35. The number of aryl methyl sites for hydroxylation is 1. The summed E-state index contributed by atoms with van der Waals surface area (Å²) in [5.74, 6) is -0.909. The molecule has 198 valence electrons. The lowest BCUT2D eigenvalue weighted by Gasteiger charge is -2.12. The van der Waals surface area contributed by atoms with Gasteiger partial charge in [-0.1, -0.05) is 60.1 Å². The van der Waals surface area contributed by atoms with Crippen molar-refractivity contribution in [1.82, 2.24) is 5.32 Å². The van der Waals surface area contributed by atoms with E-state index in [0.717, 1.165) is 40.6 Å². The predicted octanol–water partition coefficient (Wildman–Crippen LogP) is 8.04. The van der Waals surface area contributed by atoms with Crippen LogP contribution >= 0.6 is 22.9 Å². The first-order valence-corrected chi connectivity index (χ1v) is 13.4. The number of benzene rings is 3. The lowest BCUT2D eigenvalue weighted by Crippen LogP contribution is -2.22. The monoisotopic (exact) mass is 566 g/mol. The Kier molecular flexibility index (Phi) is 7.68. The number of nitrogens with zero attached hydrogens (tertiary/aromatic N) is 1. The van der Waals surface area contributed by atoms with Crippen molar-refractivity contribution in [2.24, 2.45) is 4.99 Å². The maximum absolute atomic E-state index is 13.4. The van der Waals surface area contributed by atoms with Crippen LogP contribution in [0, 0.1) is 0 Å². The Balaban J connectivity index is 1.36. The van der Waals surface area contributed by atoms with Gasteiger partial charge < -0.3 is 5.32 Å². The Morgan fingerprint density at radius 2 is 1.67 bits per heavy atom. The number of alkyl halides is 3. The molecule has 0 bridgehead atoms. The molecule has 0 fully saturated rings. The average Bonchev–Trinajstić information content (AvgIpc) is 3.23. The number of halogens is 4. The molecule has 1 aliphatic rings. The standard InChI is InChI=1S/C30H22ClF3N2O2S/c31-27-15-14-22(39-27)17-35-29(38)21-13-10-18-4-3-7-25(36-26(18)16-21)19-8-11-20(12-9-19)28(37)23-5-1-2-6-24(23)30(32,33)34/h1-2,5-6,8-16H,3-4,7,17H2,(H,35,38). The quantitative estimate of drug-likeness (QED) is 0.240. The van der Waals surface area contributed by atoms with Crippen molar-refractivity contribution in [2.45, 2.75) is 32.0 Å². The summed E-state index contributed by atoms with van der Waals surface area (Å²) >= 11 is 7.37. The first-order chi connectivity index (χ1) is 18.7. The largest absolute Gasteiger partial charge is 0.417 e. The van der Waals surface area contributed by atoms with Gasteiger partial charge in [0, 0.05) is 27.3 Å². The number of ketones is 1. The Hall–Kier alpha value is -3.75. The first kappa shape index (κ1) is 26.8. The van der Waals surface area contributed by atoms with Crippen molar-refractivity contribution in [2.75, 3.05) is 0 Å². The van der Waals surface area contributed by atoms with Gasteiger partial charge in [-0.25, -0.2) is 0 Å². The van der Waals surface area contributed by atoms with Crippen LogP contribution in [0.25, 0.3) is 0 Å². The number of hydrogen-bond donors (Lipinski definition) is 1. The predicted molar refractivity (Wildman–Crippen MR) is 147 cm³/mol. The van der Waals surface area contributed by atoms with Crippen LogP contribution in [0.15, 0.2) is 83.9 Å². The van der Waals surface area contributed by atoms with Crippen LogP contribution in [0.3, 0.4) is 0 Å². The molecule has 0 saturated heterocycles. The molecule has 2 heterocycles. The molecule has 0 saturated carbocycles. The fraction of sp³-hybridized carbons (Fsp3) is 0.167. The second-order valence-corrected chi connectivity index (χ2v) is 10.9. The number of amides is 1. The van der Waals surface area contributed by atoms with Gasteiger partial charge >= 0.3 is 6.18 Å². The minimum Gasteiger partial charge on any atom is -0.347 e. The van der Waals surface area contributed by atoms with Gasteiger partial charge in [-0.2, -0.15) is 13.2 Å². The summed E-state index contributed by atoms with van der Waals surface area (Å²) in [6, 6.07) is 20.4. The van der Waals surface area contributed by atoms with E-state index in [0.29, 0.717) is 28.6 Å². The smallest absolute Gasteiger partial charge is 0.347 e. The molecule has 1 amide bonds. The minimum absolute atomic E-state index is 0.163. The molecule has 3 aromatic carbocycles. The van der Waals surface area contributed by atoms with Gasteiger partial charge in [0.2, 0.25) is 0 Å². The zero-order valence-corrected chi connectivity index (χ0v) is 22.1. The van der Waals surface area contributed by atoms with E-state index in [4.69, 9.17) is 16.6 Å². The van der Waals surface area contributed by atoms with Crippen LogP contribution < -0.4 is 5.32 Å². The molecule has 1 aliphatic heterocycles. The summed E-state index contributed by atoms with van der Waals surface area (Å²) in [5, 5.41) is 2.90. The molecule has 1 N–H and O–H groups in total. The van der Waals surface area contributed by atoms with Crippen molar-refractivity contribution >= 4 is 46.0 Å². The second-order valence-electron chi connectivity index (χ2n) is 9.09. The van der Waals surface area contributed by atoms with Crippen molar-refractivity contribution in [1.29, 1.82) is 0 Å². The van der Waals surface area contributed by atoms with E-state index in [1.54, 1.807) is 30.3 Å². The summed E-state index contributed by atoms with van der Waals surface area (Å²) in [6.07, 6.45) is -2.31. The zero-order chi connectivity index (χ0) is 27.6. The molecule has 0 atom stereocenters. The Morgan fingerprint density at radius 1 is 0.923 bits per heavy atom. The Morgan fingerprint density at radius 3 is 2.38 bits per heavy atom. The number of aliphatic imine (C=N–C) groups is 1. The van der Waals surface area contributed by atoms with Gasteiger partial charge in [-0.15, -0.1) is 11.3 Å². The number of thiophene rings is 1. The number of nitrogens with one attached hydrogen (secondary N) is 1. The first-order valence-electron chi connectivity index (χ1n) is 12.2. The molecular formula is C30H22ClF3N2O2S. The van der Waals surface area contributed by atoms with Crippen LogP contribution in [0.5, 0.6) is 0 Å². The number of carbonyl (C=O) groups is 2. The Labute approximate surface area is 232 Å². The summed E-state index contributed by atoms with van der Waals surface area (Å²) < 4.78 is 40.8. The highest BCUT2D eigenvalue weighted by atomic mass is 35.5. The number of fused-ring (bicyclic) bond motifs is 1. The van der Waals surface area contributed by atoms with E-state index in [1.807, 2.05) is 12.1 Å². The second kappa shape index (κ2) is 11.2. The molecule has 0 radical (unpaired) electrons. The maximum atomic E-state index is 13.4. The van der Waals surface area contributed by atoms with Gasteiger partial charge in [-0.05, 0) is 60.7 Å². The molecule has 4 aromatic rings. The van der Waals surface area contributed by atoms with Gasteiger partial charge in [0.1, 0.15) is 0 Å². The molecular weight excluding hydrogens is 545 g/mol. The van der Waals surface area contributed by atoms with Crippen LogP contribution in [-0.4, -0.2) is 17.4 Å². The number of hydrogen-bond acceptors (Lipinski definition) is 4. The lowest BCUT2D eigenvalue weighted by molar-refractivity contribution is -0.137. The van der Waals surface area contributed by atoms with Crippen LogP contribution in [-0.2, 0) is 19.1 Å². The minimum atomic E-state index is -4.62. The average molecular weight is 567 g/mol. The van der Waals surface area contributed by atoms with Gasteiger partial charge in [0.25, 0.3) is 5.91 Å². The van der Waals surface area contributed by atoms with E-state index in [-0.39, 0.29) is 17.0 Å². The molecule has 1 aromatic heterocycles. The molecule has 0 spiro atoms. The summed E-state index contributed by atoms with van der Waals surface area (Å²) in [5.41, 5.74) is 2.61. The van der Waals surface area contributed by atoms with Crippen molar-refractivity contribution in [3.8, 4) is 0 Å². The highest BCUT2D eigenvalue weighted by molar-refractivity contribution is 7.16. The number of rotatable bonds is 6. The van der Waals surface area contributed by atoms with Gasteiger partial charge in [0.05, 0.1) is 22.1 Å². The fourth-order valence-corrected chi connectivity index (χ4v) is 5.52. The molecule has 4 nitrogen and oxygen atoms in total. The van der Waals surface area contributed by atoms with E-state index < -0.39 is 17.5 Å². The highest BCUT2D eigenvalue weighted by Crippen LogP contribution is 2.33. The fourth-order valence-electron chi connectivity index (χ4n) is 4.49. The molecule has 0 aliphatic carbocycles. The van der Waals surface area contributed by atoms with Crippen molar-refractivity contribution in [3.63, 3.8) is 0 Å². The Bertz CT molecular complexity index is 1580. The molecule has 39 heavy (non-hydrogen) atoms. The van der Waals surface area contributed by atoms with E-state index >= 15 is 0 Å². The van der Waals surface area contributed by atoms with E-state index in [2.05, 4.69) is 5.32 Å². The third-order valence-corrected chi connectivity index (χ3v) is 7.70.